The minimum Gasteiger partial charge on any atom is -0.497 e. The molecule has 0 saturated heterocycles. The van der Waals surface area contributed by atoms with Gasteiger partial charge in [0.05, 0.1) is 26.1 Å². The Kier molecular flexibility index (Phi) is 6.34. The molecule has 39 heavy (non-hydrogen) atoms. The number of benzene rings is 4. The Morgan fingerprint density at radius 2 is 1.36 bits per heavy atom. The van der Waals surface area contributed by atoms with Gasteiger partial charge in [0.1, 0.15) is 28.7 Å². The van der Waals surface area contributed by atoms with Crippen LogP contribution in [0.15, 0.2) is 108 Å². The second kappa shape index (κ2) is 10.3. The quantitative estimate of drug-likeness (QED) is 0.225. The van der Waals surface area contributed by atoms with Gasteiger partial charge in [0, 0.05) is 22.3 Å². The molecule has 0 aliphatic rings. The first-order chi connectivity index (χ1) is 19.1. The van der Waals surface area contributed by atoms with Crippen LogP contribution < -0.4 is 9.47 Å². The van der Waals surface area contributed by atoms with Gasteiger partial charge in [0.25, 0.3) is 0 Å². The van der Waals surface area contributed by atoms with E-state index in [1.807, 2.05) is 72.8 Å². The molecule has 0 bridgehead atoms. The maximum absolute atomic E-state index is 13.3. The minimum absolute atomic E-state index is 0.298. The van der Waals surface area contributed by atoms with E-state index in [-0.39, 0.29) is 5.82 Å². The number of oxazole rings is 1. The van der Waals surface area contributed by atoms with Crippen molar-refractivity contribution in [3.8, 4) is 62.5 Å². The van der Waals surface area contributed by atoms with Gasteiger partial charge in [-0.3, -0.25) is 0 Å². The molecule has 6 rings (SSSR count). The summed E-state index contributed by atoms with van der Waals surface area (Å²) in [7, 11) is 3.27. The molecule has 0 aliphatic heterocycles. The molecular weight excluding hydrogens is 495 g/mol. The Morgan fingerprint density at radius 1 is 0.718 bits per heavy atom. The van der Waals surface area contributed by atoms with E-state index in [1.165, 1.54) is 12.1 Å². The van der Waals surface area contributed by atoms with Crippen molar-refractivity contribution in [3.63, 3.8) is 0 Å². The molecule has 0 radical (unpaired) electrons. The fraction of sp³-hybridized carbons (Fsp3) is 0.0645. The van der Waals surface area contributed by atoms with Crippen molar-refractivity contribution in [1.29, 1.82) is 0 Å². The van der Waals surface area contributed by atoms with Gasteiger partial charge >= 0.3 is 0 Å². The lowest BCUT2D eigenvalue weighted by atomic mass is 10.1. The van der Waals surface area contributed by atoms with Gasteiger partial charge in [-0.15, -0.1) is 5.10 Å². The summed E-state index contributed by atoms with van der Waals surface area (Å²) >= 11 is 0. The summed E-state index contributed by atoms with van der Waals surface area (Å²) in [5.74, 6) is 2.32. The van der Waals surface area contributed by atoms with Gasteiger partial charge < -0.3 is 13.9 Å². The summed E-state index contributed by atoms with van der Waals surface area (Å²) in [6.45, 7) is 0. The van der Waals surface area contributed by atoms with Crippen LogP contribution in [0.1, 0.15) is 0 Å². The van der Waals surface area contributed by atoms with E-state index >= 15 is 0 Å². The number of halogens is 1. The fourth-order valence-electron chi connectivity index (χ4n) is 4.25. The minimum atomic E-state index is -0.298. The van der Waals surface area contributed by atoms with E-state index in [0.717, 1.165) is 39.4 Å². The zero-order chi connectivity index (χ0) is 26.8. The van der Waals surface area contributed by atoms with E-state index in [2.05, 4.69) is 10.3 Å². The van der Waals surface area contributed by atoms with E-state index in [0.29, 0.717) is 23.0 Å². The molecular formula is C31H23FN4O3. The van der Waals surface area contributed by atoms with Crippen LogP contribution in [0.3, 0.4) is 0 Å². The van der Waals surface area contributed by atoms with Gasteiger partial charge in [-0.1, -0.05) is 11.3 Å². The number of aromatic nitrogens is 4. The summed E-state index contributed by atoms with van der Waals surface area (Å²) in [5, 5.41) is 8.52. The highest BCUT2D eigenvalue weighted by molar-refractivity contribution is 5.79. The van der Waals surface area contributed by atoms with Crippen LogP contribution in [0.25, 0.3) is 51.0 Å². The van der Waals surface area contributed by atoms with Crippen LogP contribution in [0, 0.1) is 5.82 Å². The largest absolute Gasteiger partial charge is 0.497 e. The zero-order valence-corrected chi connectivity index (χ0v) is 21.2. The lowest BCUT2D eigenvalue weighted by molar-refractivity contribution is 0.414. The Morgan fingerprint density at radius 3 is 2.03 bits per heavy atom. The van der Waals surface area contributed by atoms with Crippen molar-refractivity contribution in [1.82, 2.24) is 20.0 Å². The molecule has 0 fully saturated rings. The SMILES string of the molecule is COc1ccc(-c2nc(-c3cccc(-n4cc(-c5ccc(F)cc5)nn4)c3)oc2-c2ccc(OC)cc2)cc1. The second-order valence-electron chi connectivity index (χ2n) is 8.76. The summed E-state index contributed by atoms with van der Waals surface area (Å²) in [6, 6.07) is 29.2. The average molecular weight is 519 g/mol. The molecule has 6 aromatic rings. The Bertz CT molecular complexity index is 1660. The van der Waals surface area contributed by atoms with Crippen LogP contribution in [0.2, 0.25) is 0 Å². The number of methoxy groups -OCH3 is 2. The average Bonchev–Trinajstić information content (AvgIpc) is 3.67. The van der Waals surface area contributed by atoms with Crippen LogP contribution in [0.4, 0.5) is 4.39 Å². The summed E-state index contributed by atoms with van der Waals surface area (Å²) < 4.78 is 32.0. The number of ether oxygens (including phenoxy) is 2. The third-order valence-corrected chi connectivity index (χ3v) is 6.33. The van der Waals surface area contributed by atoms with Gasteiger partial charge in [-0.05, 0) is 91.0 Å². The molecule has 0 atom stereocenters. The molecule has 2 heterocycles. The summed E-state index contributed by atoms with van der Waals surface area (Å²) in [5.41, 5.74) is 5.46. The van der Waals surface area contributed by atoms with Crippen LogP contribution in [-0.4, -0.2) is 34.2 Å². The maximum atomic E-state index is 13.3. The van der Waals surface area contributed by atoms with E-state index in [4.69, 9.17) is 18.9 Å². The molecule has 0 aliphatic carbocycles. The smallest absolute Gasteiger partial charge is 0.227 e. The van der Waals surface area contributed by atoms with Gasteiger partial charge in [-0.2, -0.15) is 0 Å². The van der Waals surface area contributed by atoms with Crippen molar-refractivity contribution in [2.75, 3.05) is 14.2 Å². The second-order valence-corrected chi connectivity index (χ2v) is 8.76. The molecule has 0 amide bonds. The predicted octanol–water partition coefficient (Wildman–Crippen LogP) is 7.08. The Labute approximate surface area is 224 Å². The van der Waals surface area contributed by atoms with E-state index < -0.39 is 0 Å². The number of rotatable bonds is 7. The highest BCUT2D eigenvalue weighted by Gasteiger charge is 2.19. The molecule has 0 N–H and O–H groups in total. The number of nitrogens with zero attached hydrogens (tertiary/aromatic N) is 4. The number of hydrogen-bond acceptors (Lipinski definition) is 6. The first-order valence-electron chi connectivity index (χ1n) is 12.2. The normalized spacial score (nSPS) is 10.9. The molecule has 0 unspecified atom stereocenters. The molecule has 2 aromatic heterocycles. The van der Waals surface area contributed by atoms with Crippen molar-refractivity contribution in [2.24, 2.45) is 0 Å². The molecule has 8 heteroatoms. The third kappa shape index (κ3) is 4.87. The zero-order valence-electron chi connectivity index (χ0n) is 21.2. The molecule has 0 saturated carbocycles. The molecule has 192 valence electrons. The Hall–Kier alpha value is -5.24. The summed E-state index contributed by atoms with van der Waals surface area (Å²) in [6.07, 6.45) is 1.80. The fourth-order valence-corrected chi connectivity index (χ4v) is 4.25. The highest BCUT2D eigenvalue weighted by Crippen LogP contribution is 2.37. The van der Waals surface area contributed by atoms with E-state index in [9.17, 15) is 4.39 Å². The van der Waals surface area contributed by atoms with Gasteiger partial charge in [0.15, 0.2) is 5.76 Å². The van der Waals surface area contributed by atoms with Gasteiger partial charge in [0.2, 0.25) is 5.89 Å². The highest BCUT2D eigenvalue weighted by atomic mass is 19.1. The summed E-state index contributed by atoms with van der Waals surface area (Å²) in [4.78, 5) is 4.90. The lowest BCUT2D eigenvalue weighted by Crippen LogP contribution is -1.95. The number of hydrogen-bond donors (Lipinski definition) is 0. The molecule has 4 aromatic carbocycles. The topological polar surface area (TPSA) is 75.2 Å². The van der Waals surface area contributed by atoms with Crippen molar-refractivity contribution >= 4 is 0 Å². The van der Waals surface area contributed by atoms with Crippen LogP contribution >= 0.6 is 0 Å². The monoisotopic (exact) mass is 518 g/mol. The molecule has 0 spiro atoms. The predicted molar refractivity (Wildman–Crippen MR) is 146 cm³/mol. The molecule has 7 nitrogen and oxygen atoms in total. The lowest BCUT2D eigenvalue weighted by Gasteiger charge is -2.04. The van der Waals surface area contributed by atoms with Crippen molar-refractivity contribution < 1.29 is 18.3 Å². The first-order valence-corrected chi connectivity index (χ1v) is 12.2. The Balaban J connectivity index is 1.39. The van der Waals surface area contributed by atoms with Crippen molar-refractivity contribution in [3.05, 3.63) is 109 Å². The van der Waals surface area contributed by atoms with E-state index in [1.54, 1.807) is 37.2 Å². The van der Waals surface area contributed by atoms with Crippen LogP contribution in [-0.2, 0) is 0 Å². The first kappa shape index (κ1) is 24.1. The van der Waals surface area contributed by atoms with Crippen LogP contribution in [0.5, 0.6) is 11.5 Å². The maximum Gasteiger partial charge on any atom is 0.227 e. The third-order valence-electron chi connectivity index (χ3n) is 6.33. The standard InChI is InChI=1S/C31H23FN4O3/c1-37-26-14-8-21(9-15-26)29-30(22-10-16-27(38-2)17-11-22)39-31(33-29)23-4-3-5-25(18-23)36-19-28(34-35-36)20-6-12-24(32)13-7-20/h3-19H,1-2H3. The van der Waals surface area contributed by atoms with Crippen molar-refractivity contribution in [2.45, 2.75) is 0 Å². The van der Waals surface area contributed by atoms with Gasteiger partial charge in [-0.25, -0.2) is 14.1 Å².